The molecule has 1 unspecified atom stereocenters. The standard InChI is InChI=1S/C17H22N4O3/c1-17(2,3)24-16(23)20-10-6-9-14(20)15(22)19-21-11-18-12-7-4-5-8-13(12)21/h4-5,7-8,11,14H,6,9-10H2,1-3H3,(H,19,22). The van der Waals surface area contributed by atoms with E-state index < -0.39 is 17.7 Å². The molecule has 2 amide bonds. The largest absolute Gasteiger partial charge is 0.444 e. The molecule has 0 aliphatic carbocycles. The third kappa shape index (κ3) is 3.34. The van der Waals surface area contributed by atoms with Crippen molar-refractivity contribution < 1.29 is 14.3 Å². The number of aromatic nitrogens is 2. The second kappa shape index (κ2) is 6.14. The topological polar surface area (TPSA) is 76.5 Å². The molecule has 0 bridgehead atoms. The molecule has 3 rings (SSSR count). The lowest BCUT2D eigenvalue weighted by Crippen LogP contribution is -2.46. The van der Waals surface area contributed by atoms with E-state index in [9.17, 15) is 9.59 Å². The van der Waals surface area contributed by atoms with Crippen LogP contribution in [-0.2, 0) is 9.53 Å². The van der Waals surface area contributed by atoms with Gasteiger partial charge in [-0.2, -0.15) is 0 Å². The van der Waals surface area contributed by atoms with Crippen LogP contribution in [-0.4, -0.2) is 44.7 Å². The SMILES string of the molecule is CC(C)(C)OC(=O)N1CCCC1C(=O)Nn1cnc2ccccc21. The summed E-state index contributed by atoms with van der Waals surface area (Å²) in [6, 6.07) is 7.00. The van der Waals surface area contributed by atoms with Crippen LogP contribution in [0.5, 0.6) is 0 Å². The van der Waals surface area contributed by atoms with Crippen molar-refractivity contribution in [3.05, 3.63) is 30.6 Å². The zero-order chi connectivity index (χ0) is 17.3. The van der Waals surface area contributed by atoms with Gasteiger partial charge in [-0.1, -0.05) is 12.1 Å². The molecule has 1 aromatic carbocycles. The van der Waals surface area contributed by atoms with E-state index in [1.54, 1.807) is 11.0 Å². The molecule has 1 fully saturated rings. The molecule has 128 valence electrons. The van der Waals surface area contributed by atoms with E-state index in [-0.39, 0.29) is 5.91 Å². The van der Waals surface area contributed by atoms with Crippen molar-refractivity contribution >= 4 is 23.0 Å². The molecule has 0 spiro atoms. The average molecular weight is 330 g/mol. The molecule has 1 atom stereocenters. The Kier molecular flexibility index (Phi) is 4.17. The molecule has 7 heteroatoms. The molecule has 0 radical (unpaired) electrons. The fraction of sp³-hybridized carbons (Fsp3) is 0.471. The van der Waals surface area contributed by atoms with E-state index in [1.165, 1.54) is 4.90 Å². The van der Waals surface area contributed by atoms with Gasteiger partial charge in [0, 0.05) is 6.54 Å². The third-order valence-corrected chi connectivity index (χ3v) is 3.87. The van der Waals surface area contributed by atoms with Gasteiger partial charge in [0.1, 0.15) is 18.0 Å². The smallest absolute Gasteiger partial charge is 0.410 e. The third-order valence-electron chi connectivity index (χ3n) is 3.87. The molecular formula is C17H22N4O3. The molecule has 1 aliphatic rings. The quantitative estimate of drug-likeness (QED) is 0.918. The summed E-state index contributed by atoms with van der Waals surface area (Å²) in [5.74, 6) is -0.235. The Labute approximate surface area is 140 Å². The highest BCUT2D eigenvalue weighted by Gasteiger charge is 2.36. The molecule has 1 aromatic heterocycles. The maximum atomic E-state index is 12.6. The Balaban J connectivity index is 1.73. The summed E-state index contributed by atoms with van der Waals surface area (Å²) in [5, 5.41) is 0. The summed E-state index contributed by atoms with van der Waals surface area (Å²) in [7, 11) is 0. The monoisotopic (exact) mass is 330 g/mol. The molecule has 1 saturated heterocycles. The van der Waals surface area contributed by atoms with E-state index in [1.807, 2.05) is 45.0 Å². The van der Waals surface area contributed by atoms with Crippen molar-refractivity contribution in [1.82, 2.24) is 14.6 Å². The van der Waals surface area contributed by atoms with Crippen LogP contribution in [0, 0.1) is 0 Å². The second-order valence-electron chi connectivity index (χ2n) is 6.91. The lowest BCUT2D eigenvalue weighted by atomic mass is 10.2. The number of para-hydroxylation sites is 2. The number of hydrogen-bond acceptors (Lipinski definition) is 4. The molecule has 7 nitrogen and oxygen atoms in total. The summed E-state index contributed by atoms with van der Waals surface area (Å²) in [6.07, 6.45) is 2.52. The Bertz CT molecular complexity index is 763. The van der Waals surface area contributed by atoms with Gasteiger partial charge in [0.05, 0.1) is 11.0 Å². The Hall–Kier alpha value is -2.57. The van der Waals surface area contributed by atoms with Gasteiger partial charge in [-0.15, -0.1) is 0 Å². The lowest BCUT2D eigenvalue weighted by molar-refractivity contribution is -0.121. The number of benzene rings is 1. The molecule has 2 aromatic rings. The molecule has 0 saturated carbocycles. The summed E-state index contributed by atoms with van der Waals surface area (Å²) in [4.78, 5) is 30.7. The summed E-state index contributed by atoms with van der Waals surface area (Å²) in [6.45, 7) is 5.96. The van der Waals surface area contributed by atoms with Gasteiger partial charge in [-0.25, -0.2) is 14.5 Å². The maximum Gasteiger partial charge on any atom is 0.410 e. The number of hydrogen-bond donors (Lipinski definition) is 1. The van der Waals surface area contributed by atoms with E-state index >= 15 is 0 Å². The maximum absolute atomic E-state index is 12.6. The van der Waals surface area contributed by atoms with Crippen molar-refractivity contribution in [3.63, 3.8) is 0 Å². The van der Waals surface area contributed by atoms with E-state index in [4.69, 9.17) is 4.74 Å². The van der Waals surface area contributed by atoms with Crippen LogP contribution in [0.15, 0.2) is 30.6 Å². The van der Waals surface area contributed by atoms with Gasteiger partial charge in [-0.05, 0) is 45.7 Å². The van der Waals surface area contributed by atoms with Gasteiger partial charge < -0.3 is 4.74 Å². The number of carbonyl (C=O) groups is 2. The summed E-state index contributed by atoms with van der Waals surface area (Å²) in [5.41, 5.74) is 3.85. The van der Waals surface area contributed by atoms with Crippen molar-refractivity contribution in [2.75, 3.05) is 12.0 Å². The second-order valence-corrected chi connectivity index (χ2v) is 6.91. The number of imidazole rings is 1. The average Bonchev–Trinajstić information content (AvgIpc) is 3.13. The van der Waals surface area contributed by atoms with Crippen LogP contribution in [0.3, 0.4) is 0 Å². The minimum atomic E-state index is -0.582. The predicted octanol–water partition coefficient (Wildman–Crippen LogP) is 2.51. The van der Waals surface area contributed by atoms with Crippen LogP contribution in [0.2, 0.25) is 0 Å². The Morgan fingerprint density at radius 2 is 2.04 bits per heavy atom. The normalized spacial score (nSPS) is 18.0. The zero-order valence-corrected chi connectivity index (χ0v) is 14.2. The first-order chi connectivity index (χ1) is 11.3. The van der Waals surface area contributed by atoms with Gasteiger partial charge in [0.25, 0.3) is 5.91 Å². The van der Waals surface area contributed by atoms with Crippen LogP contribution in [0.25, 0.3) is 11.0 Å². The minimum absolute atomic E-state index is 0.235. The highest BCUT2D eigenvalue weighted by atomic mass is 16.6. The van der Waals surface area contributed by atoms with Crippen molar-refractivity contribution in [3.8, 4) is 0 Å². The Morgan fingerprint density at radius 3 is 2.79 bits per heavy atom. The lowest BCUT2D eigenvalue weighted by Gasteiger charge is -2.28. The molecule has 24 heavy (non-hydrogen) atoms. The molecular weight excluding hydrogens is 308 g/mol. The number of ether oxygens (including phenoxy) is 1. The van der Waals surface area contributed by atoms with E-state index in [0.29, 0.717) is 13.0 Å². The van der Waals surface area contributed by atoms with E-state index in [0.717, 1.165) is 17.5 Å². The highest BCUT2D eigenvalue weighted by Crippen LogP contribution is 2.21. The molecule has 2 heterocycles. The van der Waals surface area contributed by atoms with Gasteiger partial charge in [0.2, 0.25) is 0 Å². The highest BCUT2D eigenvalue weighted by molar-refractivity contribution is 5.93. The number of likely N-dealkylation sites (tertiary alicyclic amines) is 1. The number of nitrogens with zero attached hydrogens (tertiary/aromatic N) is 3. The minimum Gasteiger partial charge on any atom is -0.444 e. The van der Waals surface area contributed by atoms with Gasteiger partial charge >= 0.3 is 6.09 Å². The van der Waals surface area contributed by atoms with Crippen LogP contribution in [0.1, 0.15) is 33.6 Å². The Morgan fingerprint density at radius 1 is 1.29 bits per heavy atom. The number of fused-ring (bicyclic) bond motifs is 1. The zero-order valence-electron chi connectivity index (χ0n) is 14.2. The van der Waals surface area contributed by atoms with Gasteiger partial charge in [-0.3, -0.25) is 15.1 Å². The van der Waals surface area contributed by atoms with Crippen molar-refractivity contribution in [2.45, 2.75) is 45.3 Å². The van der Waals surface area contributed by atoms with Crippen LogP contribution >= 0.6 is 0 Å². The first kappa shape index (κ1) is 16.3. The summed E-state index contributed by atoms with van der Waals surface area (Å²) < 4.78 is 6.98. The van der Waals surface area contributed by atoms with Crippen LogP contribution in [0.4, 0.5) is 4.79 Å². The number of nitrogens with one attached hydrogen (secondary N) is 1. The predicted molar refractivity (Wildman–Crippen MR) is 90.1 cm³/mol. The molecule has 1 N–H and O–H groups in total. The fourth-order valence-electron chi connectivity index (χ4n) is 2.82. The number of rotatable bonds is 2. The number of carbonyl (C=O) groups excluding carboxylic acids is 2. The first-order valence-corrected chi connectivity index (χ1v) is 8.08. The van der Waals surface area contributed by atoms with Gasteiger partial charge in [0.15, 0.2) is 0 Å². The molecule has 1 aliphatic heterocycles. The van der Waals surface area contributed by atoms with Crippen LogP contribution < -0.4 is 5.43 Å². The summed E-state index contributed by atoms with van der Waals surface area (Å²) >= 11 is 0. The fourth-order valence-corrected chi connectivity index (χ4v) is 2.82. The first-order valence-electron chi connectivity index (χ1n) is 8.08. The van der Waals surface area contributed by atoms with Crippen molar-refractivity contribution in [1.29, 1.82) is 0 Å². The number of amides is 2. The van der Waals surface area contributed by atoms with Crippen molar-refractivity contribution in [2.24, 2.45) is 0 Å². The van der Waals surface area contributed by atoms with E-state index in [2.05, 4.69) is 10.4 Å².